The SMILES string of the molecule is CN(O)Cc1cnn2ccccc12. The van der Waals surface area contributed by atoms with E-state index in [2.05, 4.69) is 5.10 Å². The smallest absolute Gasteiger partial charge is 0.0707 e. The zero-order chi connectivity index (χ0) is 9.26. The van der Waals surface area contributed by atoms with Gasteiger partial charge in [-0.3, -0.25) is 0 Å². The monoisotopic (exact) mass is 177 g/mol. The van der Waals surface area contributed by atoms with Crippen LogP contribution in [0.1, 0.15) is 5.56 Å². The molecular weight excluding hydrogens is 166 g/mol. The van der Waals surface area contributed by atoms with Crippen LogP contribution >= 0.6 is 0 Å². The lowest BCUT2D eigenvalue weighted by atomic mass is 10.2. The third kappa shape index (κ3) is 1.54. The fraction of sp³-hybridized carbons (Fsp3) is 0.222. The summed E-state index contributed by atoms with van der Waals surface area (Å²) in [4.78, 5) is 0. The van der Waals surface area contributed by atoms with Crippen molar-refractivity contribution in [3.8, 4) is 0 Å². The second kappa shape index (κ2) is 3.16. The van der Waals surface area contributed by atoms with Crippen molar-refractivity contribution < 1.29 is 5.21 Å². The van der Waals surface area contributed by atoms with Gasteiger partial charge in [0.2, 0.25) is 0 Å². The summed E-state index contributed by atoms with van der Waals surface area (Å²) < 4.78 is 1.79. The van der Waals surface area contributed by atoms with Gasteiger partial charge in [0, 0.05) is 18.8 Å². The van der Waals surface area contributed by atoms with Crippen LogP contribution in [0.4, 0.5) is 0 Å². The van der Waals surface area contributed by atoms with Gasteiger partial charge in [0.05, 0.1) is 18.3 Å². The molecule has 0 aliphatic rings. The van der Waals surface area contributed by atoms with Gasteiger partial charge in [0.25, 0.3) is 0 Å². The minimum Gasteiger partial charge on any atom is -0.314 e. The molecule has 0 unspecified atom stereocenters. The van der Waals surface area contributed by atoms with Gasteiger partial charge in [-0.2, -0.15) is 10.2 Å². The second-order valence-corrected chi connectivity index (χ2v) is 3.02. The average molecular weight is 177 g/mol. The summed E-state index contributed by atoms with van der Waals surface area (Å²) in [5.74, 6) is 0. The highest BCUT2D eigenvalue weighted by Gasteiger charge is 2.03. The van der Waals surface area contributed by atoms with Crippen LogP contribution < -0.4 is 0 Å². The summed E-state index contributed by atoms with van der Waals surface area (Å²) in [7, 11) is 1.62. The van der Waals surface area contributed by atoms with Crippen molar-refractivity contribution in [3.05, 3.63) is 36.2 Å². The van der Waals surface area contributed by atoms with Crippen molar-refractivity contribution in [2.75, 3.05) is 7.05 Å². The van der Waals surface area contributed by atoms with E-state index in [0.29, 0.717) is 6.54 Å². The summed E-state index contributed by atoms with van der Waals surface area (Å²) in [5.41, 5.74) is 2.05. The maximum absolute atomic E-state index is 9.08. The summed E-state index contributed by atoms with van der Waals surface area (Å²) in [6, 6.07) is 5.86. The van der Waals surface area contributed by atoms with Crippen molar-refractivity contribution >= 4 is 5.52 Å². The zero-order valence-electron chi connectivity index (χ0n) is 7.38. The van der Waals surface area contributed by atoms with E-state index in [0.717, 1.165) is 16.1 Å². The minimum atomic E-state index is 0.494. The lowest BCUT2D eigenvalue weighted by molar-refractivity contribution is -0.0728. The molecule has 0 amide bonds. The molecule has 0 aliphatic carbocycles. The Morgan fingerprint density at radius 2 is 2.38 bits per heavy atom. The summed E-state index contributed by atoms with van der Waals surface area (Å²) in [6.07, 6.45) is 3.65. The third-order valence-electron chi connectivity index (χ3n) is 1.91. The van der Waals surface area contributed by atoms with E-state index in [1.807, 2.05) is 24.4 Å². The van der Waals surface area contributed by atoms with Gasteiger partial charge in [-0.15, -0.1) is 0 Å². The van der Waals surface area contributed by atoms with Gasteiger partial charge in [-0.25, -0.2) is 4.52 Å². The van der Waals surface area contributed by atoms with Crippen molar-refractivity contribution in [2.24, 2.45) is 0 Å². The Kier molecular flexibility index (Phi) is 2.00. The Balaban J connectivity index is 2.46. The number of fused-ring (bicyclic) bond motifs is 1. The fourth-order valence-electron chi connectivity index (χ4n) is 1.36. The Hall–Kier alpha value is -1.39. The maximum Gasteiger partial charge on any atom is 0.0707 e. The number of pyridine rings is 1. The highest BCUT2D eigenvalue weighted by atomic mass is 16.5. The van der Waals surface area contributed by atoms with Crippen LogP contribution in [0.5, 0.6) is 0 Å². The highest BCUT2D eigenvalue weighted by Crippen LogP contribution is 2.10. The molecule has 0 atom stereocenters. The molecule has 0 saturated carbocycles. The van der Waals surface area contributed by atoms with Crippen LogP contribution in [0, 0.1) is 0 Å². The molecule has 0 aromatic carbocycles. The lowest BCUT2D eigenvalue weighted by Gasteiger charge is -2.05. The molecule has 0 spiro atoms. The fourth-order valence-corrected chi connectivity index (χ4v) is 1.36. The van der Waals surface area contributed by atoms with E-state index < -0.39 is 0 Å². The molecule has 4 nitrogen and oxygen atoms in total. The van der Waals surface area contributed by atoms with Gasteiger partial charge < -0.3 is 5.21 Å². The summed E-state index contributed by atoms with van der Waals surface area (Å²) >= 11 is 0. The van der Waals surface area contributed by atoms with E-state index >= 15 is 0 Å². The number of hydrogen-bond acceptors (Lipinski definition) is 3. The lowest BCUT2D eigenvalue weighted by Crippen LogP contribution is -2.11. The van der Waals surface area contributed by atoms with Crippen LogP contribution in [0.3, 0.4) is 0 Å². The molecule has 0 aliphatic heterocycles. The second-order valence-electron chi connectivity index (χ2n) is 3.02. The maximum atomic E-state index is 9.08. The molecule has 0 saturated heterocycles. The van der Waals surface area contributed by atoms with Gasteiger partial charge >= 0.3 is 0 Å². The Morgan fingerprint density at radius 1 is 1.54 bits per heavy atom. The van der Waals surface area contributed by atoms with Crippen LogP contribution in [-0.4, -0.2) is 26.9 Å². The van der Waals surface area contributed by atoms with Crippen molar-refractivity contribution in [2.45, 2.75) is 6.54 Å². The van der Waals surface area contributed by atoms with Crippen molar-refractivity contribution in [3.63, 3.8) is 0 Å². The number of hydroxylamine groups is 2. The molecule has 0 bridgehead atoms. The Morgan fingerprint density at radius 3 is 3.15 bits per heavy atom. The average Bonchev–Trinajstić information content (AvgIpc) is 2.48. The Labute approximate surface area is 76.0 Å². The predicted molar refractivity (Wildman–Crippen MR) is 48.4 cm³/mol. The standard InChI is InChI=1S/C9H11N3O/c1-11(13)7-8-6-10-12-5-3-2-4-9(8)12/h2-6,13H,7H2,1H3. The highest BCUT2D eigenvalue weighted by molar-refractivity contribution is 5.53. The first-order valence-corrected chi connectivity index (χ1v) is 4.08. The van der Waals surface area contributed by atoms with Gasteiger partial charge in [-0.1, -0.05) is 6.07 Å². The number of rotatable bonds is 2. The van der Waals surface area contributed by atoms with Gasteiger partial charge in [0.15, 0.2) is 0 Å². The molecule has 68 valence electrons. The van der Waals surface area contributed by atoms with E-state index in [1.54, 1.807) is 17.8 Å². The molecule has 2 heterocycles. The molecule has 1 N–H and O–H groups in total. The topological polar surface area (TPSA) is 40.8 Å². The predicted octanol–water partition coefficient (Wildman–Crippen LogP) is 1.16. The minimum absolute atomic E-state index is 0.494. The van der Waals surface area contributed by atoms with E-state index in [1.165, 1.54) is 0 Å². The molecular formula is C9H11N3O. The Bertz CT molecular complexity index is 408. The molecule has 0 radical (unpaired) electrons. The molecule has 2 aromatic heterocycles. The molecule has 4 heteroatoms. The number of aromatic nitrogens is 2. The van der Waals surface area contributed by atoms with Crippen LogP contribution in [-0.2, 0) is 6.54 Å². The van der Waals surface area contributed by atoms with Crippen molar-refractivity contribution in [1.29, 1.82) is 0 Å². The van der Waals surface area contributed by atoms with E-state index in [9.17, 15) is 0 Å². The third-order valence-corrected chi connectivity index (χ3v) is 1.91. The van der Waals surface area contributed by atoms with Gasteiger partial charge in [0.1, 0.15) is 0 Å². The summed E-state index contributed by atoms with van der Waals surface area (Å²) in [5, 5.41) is 14.4. The first-order chi connectivity index (χ1) is 6.27. The molecule has 2 rings (SSSR count). The molecule has 13 heavy (non-hydrogen) atoms. The zero-order valence-corrected chi connectivity index (χ0v) is 7.38. The normalized spacial score (nSPS) is 11.3. The first-order valence-electron chi connectivity index (χ1n) is 4.08. The number of hydrogen-bond donors (Lipinski definition) is 1. The quantitative estimate of drug-likeness (QED) is 0.700. The molecule has 0 fully saturated rings. The molecule has 2 aromatic rings. The first kappa shape index (κ1) is 8.22. The van der Waals surface area contributed by atoms with Gasteiger partial charge in [-0.05, 0) is 12.1 Å². The van der Waals surface area contributed by atoms with E-state index in [-0.39, 0.29) is 0 Å². The van der Waals surface area contributed by atoms with Crippen LogP contribution in [0.25, 0.3) is 5.52 Å². The number of nitrogens with zero attached hydrogens (tertiary/aromatic N) is 3. The van der Waals surface area contributed by atoms with Crippen LogP contribution in [0.15, 0.2) is 30.6 Å². The largest absolute Gasteiger partial charge is 0.314 e. The summed E-state index contributed by atoms with van der Waals surface area (Å²) in [6.45, 7) is 0.494. The van der Waals surface area contributed by atoms with Crippen molar-refractivity contribution in [1.82, 2.24) is 14.7 Å². The van der Waals surface area contributed by atoms with Crippen LogP contribution in [0.2, 0.25) is 0 Å². The van der Waals surface area contributed by atoms with E-state index in [4.69, 9.17) is 5.21 Å².